The van der Waals surface area contributed by atoms with Crippen LogP contribution in [0.2, 0.25) is 0 Å². The van der Waals surface area contributed by atoms with E-state index in [4.69, 9.17) is 5.11 Å². The minimum atomic E-state index is -4.50. The van der Waals surface area contributed by atoms with Gasteiger partial charge in [0.1, 0.15) is 5.65 Å². The molecule has 0 fully saturated rings. The largest absolute Gasteiger partial charge is 0.481 e. The summed E-state index contributed by atoms with van der Waals surface area (Å²) in [6, 6.07) is 0. The van der Waals surface area contributed by atoms with Gasteiger partial charge in [0.25, 0.3) is 0 Å². The number of aliphatic carboxylic acids is 1. The Morgan fingerprint density at radius 3 is 2.81 bits per heavy atom. The van der Waals surface area contributed by atoms with E-state index in [-0.39, 0.29) is 16.8 Å². The number of nitrogens with zero attached hydrogens (tertiary/aromatic N) is 1. The fourth-order valence-corrected chi connectivity index (χ4v) is 2.18. The Kier molecular flexibility index (Phi) is 2.38. The molecule has 0 spiro atoms. The van der Waals surface area contributed by atoms with Crippen molar-refractivity contribution in [2.75, 3.05) is 0 Å². The number of rotatable bonds is 2. The molecule has 0 saturated heterocycles. The number of halogens is 3. The van der Waals surface area contributed by atoms with E-state index < -0.39 is 17.2 Å². The summed E-state index contributed by atoms with van der Waals surface area (Å²) in [5, 5.41) is 7.59. The summed E-state index contributed by atoms with van der Waals surface area (Å²) in [7, 11) is 0. The Balaban J connectivity index is 2.47. The molecule has 8 heteroatoms. The van der Waals surface area contributed by atoms with Crippen molar-refractivity contribution in [3.05, 3.63) is 16.8 Å². The molecule has 0 unspecified atom stereocenters. The van der Waals surface area contributed by atoms with E-state index >= 15 is 0 Å². The number of aromatic nitrogens is 2. The van der Waals surface area contributed by atoms with E-state index in [0.717, 1.165) is 0 Å². The summed E-state index contributed by atoms with van der Waals surface area (Å²) in [5.41, 5.74) is 0.393. The highest BCUT2D eigenvalue weighted by atomic mass is 32.1. The fraction of sp³-hybridized carbons (Fsp3) is 0.250. The first kappa shape index (κ1) is 10.9. The van der Waals surface area contributed by atoms with E-state index in [9.17, 15) is 18.0 Å². The van der Waals surface area contributed by atoms with E-state index in [1.165, 1.54) is 6.20 Å². The molecule has 2 N–H and O–H groups in total. The Morgan fingerprint density at radius 2 is 2.25 bits per heavy atom. The molecule has 86 valence electrons. The lowest BCUT2D eigenvalue weighted by Crippen LogP contribution is -2.03. The van der Waals surface area contributed by atoms with Gasteiger partial charge in [0.15, 0.2) is 0 Å². The highest BCUT2D eigenvalue weighted by Crippen LogP contribution is 2.36. The van der Waals surface area contributed by atoms with Crippen LogP contribution in [0.3, 0.4) is 0 Å². The third kappa shape index (κ3) is 1.87. The zero-order chi connectivity index (χ0) is 11.9. The van der Waals surface area contributed by atoms with Crippen LogP contribution in [0.25, 0.3) is 10.3 Å². The lowest BCUT2D eigenvalue weighted by atomic mass is 10.2. The summed E-state index contributed by atoms with van der Waals surface area (Å²) >= 11 is 0.449. The topological polar surface area (TPSA) is 66.0 Å². The molecular formula is C8H5F3N2O2S. The molecule has 16 heavy (non-hydrogen) atoms. The number of carboxylic acid groups (broad SMARTS) is 1. The molecule has 2 heterocycles. The van der Waals surface area contributed by atoms with E-state index in [1.807, 2.05) is 0 Å². The molecule has 0 amide bonds. The van der Waals surface area contributed by atoms with Gasteiger partial charge >= 0.3 is 12.1 Å². The van der Waals surface area contributed by atoms with Gasteiger partial charge in [0, 0.05) is 11.8 Å². The predicted octanol–water partition coefficient (Wildman–Crippen LogP) is 2.27. The van der Waals surface area contributed by atoms with Gasteiger partial charge in [-0.3, -0.25) is 4.79 Å². The number of alkyl halides is 3. The molecule has 0 radical (unpaired) electrons. The maximum absolute atomic E-state index is 12.3. The number of hydrogen-bond acceptors (Lipinski definition) is 3. The van der Waals surface area contributed by atoms with Gasteiger partial charge in [-0.25, -0.2) is 4.98 Å². The SMILES string of the molecule is O=C(O)Cc1c[nH]c2nc(C(F)(F)F)sc12. The molecule has 0 bridgehead atoms. The number of carbonyl (C=O) groups is 1. The van der Waals surface area contributed by atoms with Gasteiger partial charge in [-0.1, -0.05) is 0 Å². The lowest BCUT2D eigenvalue weighted by Gasteiger charge is -1.98. The minimum absolute atomic E-state index is 0.0774. The maximum atomic E-state index is 12.3. The Bertz CT molecular complexity index is 543. The number of fused-ring (bicyclic) bond motifs is 1. The van der Waals surface area contributed by atoms with Gasteiger partial charge in [-0.05, 0) is 0 Å². The first-order valence-electron chi connectivity index (χ1n) is 4.13. The van der Waals surface area contributed by atoms with Crippen molar-refractivity contribution in [1.82, 2.24) is 9.97 Å². The van der Waals surface area contributed by atoms with Crippen LogP contribution in [0.1, 0.15) is 10.6 Å². The second-order valence-corrected chi connectivity index (χ2v) is 4.08. The van der Waals surface area contributed by atoms with Crippen LogP contribution in [-0.4, -0.2) is 21.0 Å². The summed E-state index contributed by atoms with van der Waals surface area (Å²) in [6.07, 6.45) is -3.45. The summed E-state index contributed by atoms with van der Waals surface area (Å²) < 4.78 is 37.2. The van der Waals surface area contributed by atoms with Gasteiger partial charge in [0.05, 0.1) is 11.1 Å². The maximum Gasteiger partial charge on any atom is 0.443 e. The van der Waals surface area contributed by atoms with Gasteiger partial charge < -0.3 is 10.1 Å². The third-order valence-corrected chi connectivity index (χ3v) is 3.06. The predicted molar refractivity (Wildman–Crippen MR) is 50.3 cm³/mol. The average molecular weight is 250 g/mol. The molecule has 2 aromatic heterocycles. The molecule has 2 rings (SSSR count). The number of aromatic amines is 1. The van der Waals surface area contributed by atoms with Crippen molar-refractivity contribution in [2.45, 2.75) is 12.6 Å². The molecular weight excluding hydrogens is 245 g/mol. The van der Waals surface area contributed by atoms with E-state index in [0.29, 0.717) is 16.9 Å². The zero-order valence-corrected chi connectivity index (χ0v) is 8.45. The second-order valence-electron chi connectivity index (χ2n) is 3.08. The van der Waals surface area contributed by atoms with Crippen molar-refractivity contribution >= 4 is 27.7 Å². The normalized spacial score (nSPS) is 12.2. The third-order valence-electron chi connectivity index (χ3n) is 1.89. The highest BCUT2D eigenvalue weighted by Gasteiger charge is 2.35. The van der Waals surface area contributed by atoms with Gasteiger partial charge in [0.2, 0.25) is 5.01 Å². The first-order valence-corrected chi connectivity index (χ1v) is 4.95. The molecule has 0 aliphatic heterocycles. The molecule has 0 atom stereocenters. The molecule has 0 aromatic carbocycles. The number of H-pyrrole nitrogens is 1. The van der Waals surface area contributed by atoms with Crippen molar-refractivity contribution < 1.29 is 23.1 Å². The van der Waals surface area contributed by atoms with Crippen molar-refractivity contribution in [3.8, 4) is 0 Å². The van der Waals surface area contributed by atoms with Crippen LogP contribution in [0.4, 0.5) is 13.2 Å². The van der Waals surface area contributed by atoms with E-state index in [1.54, 1.807) is 0 Å². The number of nitrogens with one attached hydrogen (secondary N) is 1. The van der Waals surface area contributed by atoms with Crippen LogP contribution in [0.5, 0.6) is 0 Å². The standard InChI is InChI=1S/C8H5F3N2O2S/c9-8(10,11)7-13-6-5(16-7)3(2-12-6)1-4(14)15/h2,12H,1H2,(H,14,15). The Hall–Kier alpha value is -1.57. The second kappa shape index (κ2) is 3.48. The Labute approximate surface area is 90.7 Å². The van der Waals surface area contributed by atoms with Crippen molar-refractivity contribution in [2.24, 2.45) is 0 Å². The average Bonchev–Trinajstić information content (AvgIpc) is 2.64. The molecule has 0 saturated carbocycles. The summed E-state index contributed by atoms with van der Waals surface area (Å²) in [4.78, 5) is 16.3. The molecule has 2 aromatic rings. The van der Waals surface area contributed by atoms with Gasteiger partial charge in [-0.2, -0.15) is 13.2 Å². The molecule has 0 aliphatic rings. The summed E-state index contributed by atoms with van der Waals surface area (Å²) in [6.45, 7) is 0. The van der Waals surface area contributed by atoms with Crippen molar-refractivity contribution in [1.29, 1.82) is 0 Å². The fourth-order valence-electron chi connectivity index (χ4n) is 1.27. The Morgan fingerprint density at radius 1 is 1.56 bits per heavy atom. The quantitative estimate of drug-likeness (QED) is 0.859. The van der Waals surface area contributed by atoms with Crippen LogP contribution < -0.4 is 0 Å². The molecule has 4 nitrogen and oxygen atoms in total. The van der Waals surface area contributed by atoms with E-state index in [2.05, 4.69) is 9.97 Å². The van der Waals surface area contributed by atoms with Crippen LogP contribution >= 0.6 is 11.3 Å². The first-order chi connectivity index (χ1) is 7.38. The summed E-state index contributed by atoms with van der Waals surface area (Å²) in [5.74, 6) is -1.09. The molecule has 0 aliphatic carbocycles. The number of hydrogen-bond donors (Lipinski definition) is 2. The number of carboxylic acids is 1. The van der Waals surface area contributed by atoms with Crippen molar-refractivity contribution in [3.63, 3.8) is 0 Å². The zero-order valence-electron chi connectivity index (χ0n) is 7.63. The lowest BCUT2D eigenvalue weighted by molar-refractivity contribution is -0.137. The monoisotopic (exact) mass is 250 g/mol. The highest BCUT2D eigenvalue weighted by molar-refractivity contribution is 7.18. The van der Waals surface area contributed by atoms with Crippen LogP contribution in [0, 0.1) is 0 Å². The van der Waals surface area contributed by atoms with Crippen LogP contribution in [0.15, 0.2) is 6.20 Å². The minimum Gasteiger partial charge on any atom is -0.481 e. The number of thiazole rings is 1. The van der Waals surface area contributed by atoms with Crippen LogP contribution in [-0.2, 0) is 17.4 Å². The smallest absolute Gasteiger partial charge is 0.443 e. The van der Waals surface area contributed by atoms with Gasteiger partial charge in [-0.15, -0.1) is 11.3 Å².